The highest BCUT2D eigenvalue weighted by atomic mass is 16.5. The minimum Gasteiger partial charge on any atom is -0.461 e. The molecule has 0 aromatic heterocycles. The highest BCUT2D eigenvalue weighted by Crippen LogP contribution is 2.65. The van der Waals surface area contributed by atoms with Crippen LogP contribution in [0.15, 0.2) is 23.8 Å². The van der Waals surface area contributed by atoms with Gasteiger partial charge in [0.2, 0.25) is 0 Å². The number of aliphatic hydroxyl groups excluding tert-OH is 1. The van der Waals surface area contributed by atoms with E-state index in [1.165, 1.54) is 5.57 Å². The van der Waals surface area contributed by atoms with E-state index in [1.807, 2.05) is 13.0 Å². The predicted octanol–water partition coefficient (Wildman–Crippen LogP) is 3.83. The fourth-order valence-corrected chi connectivity index (χ4v) is 7.13. The molecule has 4 aliphatic carbocycles. The van der Waals surface area contributed by atoms with Crippen LogP contribution in [0.3, 0.4) is 0 Å². The molecule has 3 fully saturated rings. The first-order chi connectivity index (χ1) is 12.7. The fraction of sp³-hybridized carbons (Fsp3) is 0.739. The Balaban J connectivity index is 1.69. The second-order valence-electron chi connectivity index (χ2n) is 9.78. The molecule has 4 heteroatoms. The summed E-state index contributed by atoms with van der Waals surface area (Å²) in [5, 5.41) is 11.3. The number of ketones is 1. The first-order valence-corrected chi connectivity index (χ1v) is 10.5. The molecule has 4 rings (SSSR count). The largest absolute Gasteiger partial charge is 0.461 e. The number of aliphatic hydroxyl groups is 1. The summed E-state index contributed by atoms with van der Waals surface area (Å²) in [4.78, 5) is 23.9. The summed E-state index contributed by atoms with van der Waals surface area (Å²) >= 11 is 0. The van der Waals surface area contributed by atoms with Crippen molar-refractivity contribution in [3.05, 3.63) is 23.8 Å². The van der Waals surface area contributed by atoms with Crippen molar-refractivity contribution < 1.29 is 19.4 Å². The van der Waals surface area contributed by atoms with Crippen LogP contribution in [-0.2, 0) is 14.3 Å². The lowest BCUT2D eigenvalue weighted by Crippen LogP contribution is -2.57. The van der Waals surface area contributed by atoms with E-state index >= 15 is 0 Å². The summed E-state index contributed by atoms with van der Waals surface area (Å²) in [7, 11) is 0. The first kappa shape index (κ1) is 18.9. The zero-order valence-electron chi connectivity index (χ0n) is 16.9. The zero-order chi connectivity index (χ0) is 19.6. The highest BCUT2D eigenvalue weighted by molar-refractivity contribution is 6.01. The van der Waals surface area contributed by atoms with Gasteiger partial charge in [-0.15, -0.1) is 0 Å². The van der Waals surface area contributed by atoms with E-state index in [0.717, 1.165) is 19.3 Å². The van der Waals surface area contributed by atoms with Gasteiger partial charge >= 0.3 is 5.97 Å². The molecular formula is C23H32O4. The summed E-state index contributed by atoms with van der Waals surface area (Å²) < 4.78 is 5.90. The van der Waals surface area contributed by atoms with Gasteiger partial charge in [-0.05, 0) is 55.6 Å². The lowest BCUT2D eigenvalue weighted by atomic mass is 9.47. The second kappa shape index (κ2) is 6.30. The Bertz CT molecular complexity index is 722. The van der Waals surface area contributed by atoms with E-state index in [2.05, 4.69) is 20.8 Å². The molecular weight excluding hydrogens is 340 g/mol. The van der Waals surface area contributed by atoms with Crippen molar-refractivity contribution in [1.82, 2.24) is 0 Å². The van der Waals surface area contributed by atoms with E-state index in [-0.39, 0.29) is 34.6 Å². The number of carbonyl (C=O) groups is 2. The lowest BCUT2D eigenvalue weighted by molar-refractivity contribution is -0.170. The minimum atomic E-state index is -0.448. The van der Waals surface area contributed by atoms with E-state index in [0.29, 0.717) is 30.6 Å². The Morgan fingerprint density at radius 2 is 2.11 bits per heavy atom. The van der Waals surface area contributed by atoms with E-state index in [4.69, 9.17) is 4.74 Å². The summed E-state index contributed by atoms with van der Waals surface area (Å²) in [5.41, 5.74) is 0.772. The van der Waals surface area contributed by atoms with E-state index < -0.39 is 6.10 Å². The summed E-state index contributed by atoms with van der Waals surface area (Å²) in [5.74, 6) is 1.21. The van der Waals surface area contributed by atoms with Gasteiger partial charge in [0.05, 0.1) is 6.10 Å². The molecule has 0 bridgehead atoms. The molecule has 3 saturated carbocycles. The molecule has 148 valence electrons. The summed E-state index contributed by atoms with van der Waals surface area (Å²) in [6.07, 6.45) is 8.97. The third-order valence-corrected chi connectivity index (χ3v) is 8.27. The number of fused-ring (bicyclic) bond motifs is 5. The Morgan fingerprint density at radius 3 is 2.81 bits per heavy atom. The van der Waals surface area contributed by atoms with Crippen LogP contribution in [0.5, 0.6) is 0 Å². The predicted molar refractivity (Wildman–Crippen MR) is 103 cm³/mol. The number of hydrogen-bond acceptors (Lipinski definition) is 4. The average molecular weight is 373 g/mol. The Labute approximate surface area is 162 Å². The molecule has 4 aliphatic rings. The van der Waals surface area contributed by atoms with Gasteiger partial charge in [-0.3, -0.25) is 9.59 Å². The first-order valence-electron chi connectivity index (χ1n) is 10.5. The maximum atomic E-state index is 12.0. The van der Waals surface area contributed by atoms with Crippen molar-refractivity contribution in [2.24, 2.45) is 34.5 Å². The summed E-state index contributed by atoms with van der Waals surface area (Å²) in [6, 6.07) is 0. The summed E-state index contributed by atoms with van der Waals surface area (Å²) in [6.45, 7) is 8.44. The van der Waals surface area contributed by atoms with Crippen LogP contribution >= 0.6 is 0 Å². The van der Waals surface area contributed by atoms with Gasteiger partial charge in [-0.25, -0.2) is 0 Å². The molecule has 0 spiro atoms. The molecule has 0 unspecified atom stereocenters. The van der Waals surface area contributed by atoms with Crippen molar-refractivity contribution in [3.8, 4) is 0 Å². The number of rotatable bonds is 2. The average Bonchev–Trinajstić information content (AvgIpc) is 2.86. The zero-order valence-corrected chi connectivity index (χ0v) is 16.9. The van der Waals surface area contributed by atoms with Crippen LogP contribution in [0.1, 0.15) is 59.8 Å². The topological polar surface area (TPSA) is 63.6 Å². The Kier molecular flexibility index (Phi) is 4.41. The number of allylic oxidation sites excluding steroid dienone is 4. The van der Waals surface area contributed by atoms with Crippen molar-refractivity contribution in [2.45, 2.75) is 72.0 Å². The van der Waals surface area contributed by atoms with Crippen molar-refractivity contribution in [2.75, 3.05) is 0 Å². The Hall–Kier alpha value is -1.42. The number of hydrogen-bond donors (Lipinski definition) is 1. The lowest BCUT2D eigenvalue weighted by Gasteiger charge is -2.58. The smallest absolute Gasteiger partial charge is 0.305 e. The van der Waals surface area contributed by atoms with Gasteiger partial charge in [-0.1, -0.05) is 39.3 Å². The number of carbonyl (C=O) groups excluding carboxylic acids is 2. The SMILES string of the molecule is CCC(=O)O[C@H]1[C@H](C)C[C@H]2[C@@H]3CCC4=CC(=O)C=C[C@]4(C)[C@H]3[C@@H](O)C[C@@]21C. The van der Waals surface area contributed by atoms with Crippen LogP contribution in [0.2, 0.25) is 0 Å². The Morgan fingerprint density at radius 1 is 1.37 bits per heavy atom. The molecule has 0 saturated heterocycles. The van der Waals surface area contributed by atoms with E-state index in [9.17, 15) is 14.7 Å². The van der Waals surface area contributed by atoms with Gasteiger partial charge in [0.1, 0.15) is 6.10 Å². The van der Waals surface area contributed by atoms with Crippen LogP contribution in [0.25, 0.3) is 0 Å². The van der Waals surface area contributed by atoms with Crippen molar-refractivity contribution in [1.29, 1.82) is 0 Å². The molecule has 0 aromatic rings. The number of ether oxygens (including phenoxy) is 1. The maximum absolute atomic E-state index is 12.0. The molecule has 0 aromatic carbocycles. The molecule has 0 heterocycles. The number of esters is 1. The van der Waals surface area contributed by atoms with Crippen molar-refractivity contribution >= 4 is 11.8 Å². The molecule has 8 atom stereocenters. The van der Waals surface area contributed by atoms with Gasteiger partial charge in [0.25, 0.3) is 0 Å². The molecule has 0 amide bonds. The molecule has 4 nitrogen and oxygen atoms in total. The fourth-order valence-electron chi connectivity index (χ4n) is 7.13. The molecule has 0 aliphatic heterocycles. The van der Waals surface area contributed by atoms with Crippen LogP contribution in [0, 0.1) is 34.5 Å². The minimum absolute atomic E-state index is 0.0668. The van der Waals surface area contributed by atoms with Gasteiger partial charge in [0.15, 0.2) is 5.78 Å². The quantitative estimate of drug-likeness (QED) is 0.748. The van der Waals surface area contributed by atoms with Gasteiger partial charge in [-0.2, -0.15) is 0 Å². The van der Waals surface area contributed by atoms with Crippen LogP contribution in [0.4, 0.5) is 0 Å². The third kappa shape index (κ3) is 2.66. The van der Waals surface area contributed by atoms with E-state index in [1.54, 1.807) is 12.2 Å². The van der Waals surface area contributed by atoms with Crippen LogP contribution < -0.4 is 0 Å². The second-order valence-corrected chi connectivity index (χ2v) is 9.78. The highest BCUT2D eigenvalue weighted by Gasteiger charge is 2.64. The standard InChI is InChI=1S/C23H32O4/c1-5-19(26)27-21-13(2)10-17-16-7-6-14-11-15(24)8-9-22(14,3)20(16)18(25)12-23(17,21)4/h8-9,11,13,16-18,20-21,25H,5-7,10,12H2,1-4H3/t13-,16+,17+,18+,20-,21+,22+,23+/m1/s1. The molecule has 1 N–H and O–H groups in total. The maximum Gasteiger partial charge on any atom is 0.305 e. The van der Waals surface area contributed by atoms with Crippen molar-refractivity contribution in [3.63, 3.8) is 0 Å². The van der Waals surface area contributed by atoms with Gasteiger partial charge < -0.3 is 9.84 Å². The van der Waals surface area contributed by atoms with Crippen LogP contribution in [-0.4, -0.2) is 29.1 Å². The van der Waals surface area contributed by atoms with Gasteiger partial charge in [0, 0.05) is 23.2 Å². The normalized spacial score (nSPS) is 48.3. The monoisotopic (exact) mass is 372 g/mol. The molecule has 27 heavy (non-hydrogen) atoms. The third-order valence-electron chi connectivity index (χ3n) is 8.27. The molecule has 0 radical (unpaired) electrons.